The fraction of sp³-hybridized carbons (Fsp3) is 0.471. The van der Waals surface area contributed by atoms with Crippen LogP contribution in [0.3, 0.4) is 0 Å². The minimum atomic E-state index is 0.0663. The van der Waals surface area contributed by atoms with Crippen molar-refractivity contribution in [2.24, 2.45) is 0 Å². The molecule has 0 unspecified atom stereocenters. The molecule has 0 bridgehead atoms. The van der Waals surface area contributed by atoms with Crippen molar-refractivity contribution in [3.63, 3.8) is 0 Å². The summed E-state index contributed by atoms with van der Waals surface area (Å²) in [4.78, 5) is 14.1. The first kappa shape index (κ1) is 14.6. The van der Waals surface area contributed by atoms with Crippen molar-refractivity contribution in [2.75, 3.05) is 18.1 Å². The Labute approximate surface area is 120 Å². The third-order valence-electron chi connectivity index (χ3n) is 3.48. The molecule has 2 rings (SSSR count). The van der Waals surface area contributed by atoms with E-state index < -0.39 is 0 Å². The summed E-state index contributed by atoms with van der Waals surface area (Å²) in [5.74, 6) is 6.21. The van der Waals surface area contributed by atoms with E-state index in [9.17, 15) is 4.79 Å². The molecule has 0 spiro atoms. The van der Waals surface area contributed by atoms with Crippen LogP contribution < -0.4 is 4.90 Å². The third-order valence-corrected chi connectivity index (χ3v) is 3.48. The predicted octanol–water partition coefficient (Wildman–Crippen LogP) is 2.64. The van der Waals surface area contributed by atoms with Crippen LogP contribution in [0.25, 0.3) is 0 Å². The molecule has 1 amide bonds. The van der Waals surface area contributed by atoms with Crippen LogP contribution in [-0.2, 0) is 4.79 Å². The van der Waals surface area contributed by atoms with Crippen molar-refractivity contribution < 1.29 is 9.90 Å². The van der Waals surface area contributed by atoms with Crippen LogP contribution in [0.4, 0.5) is 5.69 Å². The molecule has 1 saturated heterocycles. The Kier molecular flexibility index (Phi) is 5.20. The Hall–Kier alpha value is -1.79. The maximum Gasteiger partial charge on any atom is 0.227 e. The molecule has 0 atom stereocenters. The topological polar surface area (TPSA) is 40.5 Å². The molecule has 1 heterocycles. The molecule has 1 aromatic rings. The van der Waals surface area contributed by atoms with E-state index in [1.165, 1.54) is 0 Å². The standard InChI is InChI=1S/C17H21NO2/c1-14-9-10-15(7-4-6-12-19)16(13-14)18-11-5-2-3-8-17(18)20/h9-10,13,19H,2-3,5-6,8,11-12H2,1H3. The van der Waals surface area contributed by atoms with Crippen molar-refractivity contribution in [1.82, 2.24) is 0 Å². The lowest BCUT2D eigenvalue weighted by Crippen LogP contribution is -2.30. The van der Waals surface area contributed by atoms with Gasteiger partial charge in [0.05, 0.1) is 12.3 Å². The number of benzene rings is 1. The Morgan fingerprint density at radius 3 is 2.95 bits per heavy atom. The SMILES string of the molecule is Cc1ccc(C#CCCO)c(N2CCCCCC2=O)c1. The Bertz CT molecular complexity index is 540. The Morgan fingerprint density at radius 2 is 2.15 bits per heavy atom. The number of nitrogens with zero attached hydrogens (tertiary/aromatic N) is 1. The van der Waals surface area contributed by atoms with E-state index in [-0.39, 0.29) is 12.5 Å². The van der Waals surface area contributed by atoms with Gasteiger partial charge in [0, 0.05) is 24.9 Å². The number of aliphatic hydroxyl groups excluding tert-OH is 1. The minimum Gasteiger partial charge on any atom is -0.395 e. The van der Waals surface area contributed by atoms with Gasteiger partial charge < -0.3 is 10.0 Å². The zero-order valence-corrected chi connectivity index (χ0v) is 12.0. The average Bonchev–Trinajstić information content (AvgIpc) is 2.65. The van der Waals surface area contributed by atoms with Crippen LogP contribution in [0.2, 0.25) is 0 Å². The Balaban J connectivity index is 2.35. The number of anilines is 1. The first-order chi connectivity index (χ1) is 9.72. The lowest BCUT2D eigenvalue weighted by molar-refractivity contribution is -0.118. The molecule has 106 valence electrons. The van der Waals surface area contributed by atoms with E-state index in [1.807, 2.05) is 30.0 Å². The molecule has 0 saturated carbocycles. The van der Waals surface area contributed by atoms with Gasteiger partial charge in [-0.2, -0.15) is 0 Å². The maximum atomic E-state index is 12.2. The minimum absolute atomic E-state index is 0.0663. The number of carbonyl (C=O) groups excluding carboxylic acids is 1. The van der Waals surface area contributed by atoms with Crippen molar-refractivity contribution in [3.05, 3.63) is 29.3 Å². The highest BCUT2D eigenvalue weighted by Gasteiger charge is 2.20. The molecule has 0 radical (unpaired) electrons. The summed E-state index contributed by atoms with van der Waals surface area (Å²) in [6, 6.07) is 6.01. The fourth-order valence-corrected chi connectivity index (χ4v) is 2.42. The average molecular weight is 271 g/mol. The molecule has 3 heteroatoms. The Morgan fingerprint density at radius 1 is 1.30 bits per heavy atom. The van der Waals surface area contributed by atoms with Gasteiger partial charge in [-0.3, -0.25) is 4.79 Å². The van der Waals surface area contributed by atoms with Crippen LogP contribution >= 0.6 is 0 Å². The summed E-state index contributed by atoms with van der Waals surface area (Å²) >= 11 is 0. The largest absolute Gasteiger partial charge is 0.395 e. The molecule has 1 fully saturated rings. The number of rotatable bonds is 2. The summed E-state index contributed by atoms with van der Waals surface area (Å²) in [5.41, 5.74) is 2.92. The molecule has 20 heavy (non-hydrogen) atoms. The van der Waals surface area contributed by atoms with Crippen molar-refractivity contribution in [3.8, 4) is 11.8 Å². The predicted molar refractivity (Wildman–Crippen MR) is 80.6 cm³/mol. The van der Waals surface area contributed by atoms with Gasteiger partial charge >= 0.3 is 0 Å². The van der Waals surface area contributed by atoms with Gasteiger partial charge in [0.2, 0.25) is 5.91 Å². The van der Waals surface area contributed by atoms with Crippen LogP contribution in [0.5, 0.6) is 0 Å². The fourth-order valence-electron chi connectivity index (χ4n) is 2.42. The van der Waals surface area contributed by atoms with Gasteiger partial charge in [0.25, 0.3) is 0 Å². The molecular weight excluding hydrogens is 250 g/mol. The van der Waals surface area contributed by atoms with Crippen LogP contribution in [0.1, 0.15) is 43.2 Å². The normalized spacial score (nSPS) is 15.5. The highest BCUT2D eigenvalue weighted by molar-refractivity contribution is 5.95. The summed E-state index contributed by atoms with van der Waals surface area (Å²) < 4.78 is 0. The van der Waals surface area contributed by atoms with Gasteiger partial charge in [-0.05, 0) is 37.5 Å². The number of amides is 1. The summed E-state index contributed by atoms with van der Waals surface area (Å²) in [6.45, 7) is 2.87. The number of aliphatic hydroxyl groups is 1. The first-order valence-electron chi connectivity index (χ1n) is 7.23. The van der Waals surface area contributed by atoms with Gasteiger partial charge in [-0.15, -0.1) is 0 Å². The van der Waals surface area contributed by atoms with E-state index in [0.29, 0.717) is 12.8 Å². The van der Waals surface area contributed by atoms with E-state index in [0.717, 1.165) is 42.6 Å². The van der Waals surface area contributed by atoms with Gasteiger partial charge in [-0.25, -0.2) is 0 Å². The molecular formula is C17H21NO2. The van der Waals surface area contributed by atoms with Crippen LogP contribution in [0, 0.1) is 18.8 Å². The van der Waals surface area contributed by atoms with Crippen molar-refractivity contribution in [1.29, 1.82) is 0 Å². The smallest absolute Gasteiger partial charge is 0.227 e. The number of aryl methyl sites for hydroxylation is 1. The molecule has 1 aliphatic rings. The van der Waals surface area contributed by atoms with Crippen molar-refractivity contribution in [2.45, 2.75) is 39.0 Å². The maximum absolute atomic E-state index is 12.2. The molecule has 1 N–H and O–H groups in total. The summed E-state index contributed by atoms with van der Waals surface area (Å²) in [7, 11) is 0. The number of hydrogen-bond acceptors (Lipinski definition) is 2. The third kappa shape index (κ3) is 3.61. The molecule has 1 aromatic carbocycles. The first-order valence-corrected chi connectivity index (χ1v) is 7.23. The lowest BCUT2D eigenvalue weighted by Gasteiger charge is -2.22. The zero-order chi connectivity index (χ0) is 14.4. The van der Waals surface area contributed by atoms with Gasteiger partial charge in [0.1, 0.15) is 0 Å². The van der Waals surface area contributed by atoms with E-state index >= 15 is 0 Å². The quantitative estimate of drug-likeness (QED) is 0.840. The molecule has 0 aromatic heterocycles. The van der Waals surface area contributed by atoms with E-state index in [2.05, 4.69) is 11.8 Å². The monoisotopic (exact) mass is 271 g/mol. The van der Waals surface area contributed by atoms with Gasteiger partial charge in [-0.1, -0.05) is 24.3 Å². The van der Waals surface area contributed by atoms with E-state index in [1.54, 1.807) is 0 Å². The summed E-state index contributed by atoms with van der Waals surface area (Å²) in [6.07, 6.45) is 4.22. The van der Waals surface area contributed by atoms with Gasteiger partial charge in [0.15, 0.2) is 0 Å². The lowest BCUT2D eigenvalue weighted by atomic mass is 10.1. The number of carbonyl (C=O) groups is 1. The second kappa shape index (κ2) is 7.12. The molecule has 1 aliphatic heterocycles. The molecule has 0 aliphatic carbocycles. The summed E-state index contributed by atoms with van der Waals surface area (Å²) in [5, 5.41) is 8.82. The van der Waals surface area contributed by atoms with Crippen LogP contribution in [-0.4, -0.2) is 24.2 Å². The second-order valence-corrected chi connectivity index (χ2v) is 5.15. The number of hydrogen-bond donors (Lipinski definition) is 1. The highest BCUT2D eigenvalue weighted by atomic mass is 16.2. The van der Waals surface area contributed by atoms with E-state index in [4.69, 9.17) is 5.11 Å². The molecule has 3 nitrogen and oxygen atoms in total. The highest BCUT2D eigenvalue weighted by Crippen LogP contribution is 2.25. The zero-order valence-electron chi connectivity index (χ0n) is 12.0. The van der Waals surface area contributed by atoms with Crippen LogP contribution in [0.15, 0.2) is 18.2 Å². The second-order valence-electron chi connectivity index (χ2n) is 5.15. The van der Waals surface area contributed by atoms with Crippen molar-refractivity contribution >= 4 is 11.6 Å².